The minimum atomic E-state index is -0.925. The maximum atomic E-state index is 12.4. The third kappa shape index (κ3) is 2.25. The maximum absolute atomic E-state index is 12.4. The lowest BCUT2D eigenvalue weighted by Crippen LogP contribution is -2.50. The molecular formula is C17H26N2O4. The third-order valence-corrected chi connectivity index (χ3v) is 7.18. The average Bonchev–Trinajstić information content (AvgIpc) is 3.14. The van der Waals surface area contributed by atoms with Crippen LogP contribution in [0.25, 0.3) is 0 Å². The van der Waals surface area contributed by atoms with Crippen LogP contribution in [0.4, 0.5) is 0 Å². The van der Waals surface area contributed by atoms with Gasteiger partial charge in [0.05, 0.1) is 5.41 Å². The van der Waals surface area contributed by atoms with Crippen LogP contribution in [-0.4, -0.2) is 22.9 Å². The van der Waals surface area contributed by atoms with Crippen LogP contribution in [0.3, 0.4) is 0 Å². The van der Waals surface area contributed by atoms with Gasteiger partial charge in [-0.05, 0) is 49.9 Å². The summed E-state index contributed by atoms with van der Waals surface area (Å²) in [6.07, 6.45) is 5.34. The highest BCUT2D eigenvalue weighted by Crippen LogP contribution is 2.65. The smallest absolute Gasteiger partial charge is 0.309 e. The highest BCUT2D eigenvalue weighted by molar-refractivity contribution is 5.88. The fourth-order valence-electron chi connectivity index (χ4n) is 4.54. The van der Waals surface area contributed by atoms with E-state index in [-0.39, 0.29) is 23.1 Å². The van der Waals surface area contributed by atoms with Crippen LogP contribution >= 0.6 is 0 Å². The normalized spacial score (nSPS) is 36.1. The van der Waals surface area contributed by atoms with Gasteiger partial charge in [0.1, 0.15) is 0 Å². The van der Waals surface area contributed by atoms with Gasteiger partial charge in [-0.25, -0.2) is 0 Å². The number of rotatable bonds is 3. The molecule has 0 heterocycles. The predicted octanol–water partition coefficient (Wildman–Crippen LogP) is 1.85. The first-order valence-electron chi connectivity index (χ1n) is 8.47. The van der Waals surface area contributed by atoms with Gasteiger partial charge >= 0.3 is 5.97 Å². The van der Waals surface area contributed by atoms with Crippen molar-refractivity contribution in [1.29, 1.82) is 0 Å². The summed E-state index contributed by atoms with van der Waals surface area (Å²) in [4.78, 5) is 36.1. The number of amides is 2. The largest absolute Gasteiger partial charge is 0.481 e. The highest BCUT2D eigenvalue weighted by Gasteiger charge is 2.61. The molecule has 2 amide bonds. The van der Waals surface area contributed by atoms with E-state index in [9.17, 15) is 19.5 Å². The molecule has 0 aromatic heterocycles. The van der Waals surface area contributed by atoms with E-state index in [0.29, 0.717) is 12.8 Å². The summed E-state index contributed by atoms with van der Waals surface area (Å²) in [5.74, 6) is -1.63. The summed E-state index contributed by atoms with van der Waals surface area (Å²) in [7, 11) is 0. The molecule has 0 bridgehead atoms. The first-order valence-corrected chi connectivity index (χ1v) is 8.47. The number of hydrazine groups is 1. The Kier molecular flexibility index (Phi) is 3.50. The number of carboxylic acids is 1. The first-order chi connectivity index (χ1) is 10.6. The summed E-state index contributed by atoms with van der Waals surface area (Å²) in [5.41, 5.74) is 3.72. The van der Waals surface area contributed by atoms with E-state index in [0.717, 1.165) is 19.3 Å². The van der Waals surface area contributed by atoms with Crippen molar-refractivity contribution in [2.45, 2.75) is 59.3 Å². The Morgan fingerprint density at radius 1 is 0.957 bits per heavy atom. The zero-order chi connectivity index (χ0) is 17.0. The highest BCUT2D eigenvalue weighted by atomic mass is 16.4. The van der Waals surface area contributed by atoms with Crippen molar-refractivity contribution in [2.75, 3.05) is 0 Å². The topological polar surface area (TPSA) is 95.5 Å². The molecule has 0 unspecified atom stereocenters. The Morgan fingerprint density at radius 3 is 1.91 bits per heavy atom. The van der Waals surface area contributed by atoms with Crippen molar-refractivity contribution in [3.8, 4) is 0 Å². The number of aliphatic carboxylic acids is 1. The van der Waals surface area contributed by atoms with Crippen LogP contribution in [0.2, 0.25) is 0 Å². The van der Waals surface area contributed by atoms with Gasteiger partial charge in [-0.2, -0.15) is 0 Å². The Balaban J connectivity index is 1.57. The van der Waals surface area contributed by atoms with Crippen LogP contribution in [0, 0.1) is 28.1 Å². The molecule has 0 radical (unpaired) electrons. The molecule has 3 aliphatic rings. The van der Waals surface area contributed by atoms with Gasteiger partial charge < -0.3 is 5.11 Å². The second-order valence-electron chi connectivity index (χ2n) is 8.40. The molecule has 1 spiro atoms. The number of hydrogen-bond donors (Lipinski definition) is 3. The van der Waals surface area contributed by atoms with Gasteiger partial charge in [0.2, 0.25) is 11.8 Å². The van der Waals surface area contributed by atoms with Crippen LogP contribution in [-0.2, 0) is 14.4 Å². The molecule has 3 saturated carbocycles. The van der Waals surface area contributed by atoms with Gasteiger partial charge in [-0.15, -0.1) is 0 Å². The second-order valence-corrected chi connectivity index (χ2v) is 8.40. The minimum absolute atomic E-state index is 0.0393. The van der Waals surface area contributed by atoms with Crippen molar-refractivity contribution in [2.24, 2.45) is 28.1 Å². The van der Waals surface area contributed by atoms with Crippen molar-refractivity contribution < 1.29 is 19.5 Å². The maximum Gasteiger partial charge on any atom is 0.309 e. The summed E-state index contributed by atoms with van der Waals surface area (Å²) < 4.78 is 0. The van der Waals surface area contributed by atoms with Gasteiger partial charge in [0.15, 0.2) is 0 Å². The molecule has 3 atom stereocenters. The Labute approximate surface area is 136 Å². The number of carboxylic acid groups (broad SMARTS) is 1. The molecule has 0 aromatic carbocycles. The first kappa shape index (κ1) is 16.3. The fraction of sp³-hybridized carbons (Fsp3) is 0.824. The Hall–Kier alpha value is -1.59. The van der Waals surface area contributed by atoms with E-state index in [1.54, 1.807) is 6.92 Å². The Morgan fingerprint density at radius 2 is 1.52 bits per heavy atom. The fourth-order valence-corrected chi connectivity index (χ4v) is 4.54. The van der Waals surface area contributed by atoms with E-state index >= 15 is 0 Å². The number of carbonyl (C=O) groups excluding carboxylic acids is 2. The summed E-state index contributed by atoms with van der Waals surface area (Å²) in [6.45, 7) is 5.35. The zero-order valence-electron chi connectivity index (χ0n) is 14.1. The van der Waals surface area contributed by atoms with Gasteiger partial charge in [-0.3, -0.25) is 25.2 Å². The Bertz CT molecular complexity index is 567. The van der Waals surface area contributed by atoms with Gasteiger partial charge in [-0.1, -0.05) is 20.3 Å². The van der Waals surface area contributed by atoms with Crippen LogP contribution in [0.15, 0.2) is 0 Å². The third-order valence-electron chi connectivity index (χ3n) is 7.18. The van der Waals surface area contributed by atoms with Crippen LogP contribution in [0.5, 0.6) is 0 Å². The molecule has 3 aliphatic carbocycles. The lowest BCUT2D eigenvalue weighted by molar-refractivity contribution is -0.155. The van der Waals surface area contributed by atoms with Crippen LogP contribution in [0.1, 0.15) is 59.3 Å². The van der Waals surface area contributed by atoms with Crippen LogP contribution < -0.4 is 10.9 Å². The van der Waals surface area contributed by atoms with E-state index in [1.807, 2.05) is 13.8 Å². The lowest BCUT2D eigenvalue weighted by Gasteiger charge is -2.37. The van der Waals surface area contributed by atoms with Crippen molar-refractivity contribution >= 4 is 17.8 Å². The van der Waals surface area contributed by atoms with Gasteiger partial charge in [0.25, 0.3) is 0 Å². The lowest BCUT2D eigenvalue weighted by atomic mass is 9.65. The monoisotopic (exact) mass is 322 g/mol. The quantitative estimate of drug-likeness (QED) is 0.691. The molecule has 3 fully saturated rings. The standard InChI is InChI=1S/C17H26N2O4/c1-15(2)10(5-8-16(15,3)14(22)23)12(20)18-19-13(21)11-9-17(11)6-4-7-17/h10-11H,4-9H2,1-3H3,(H,18,20)(H,19,21)(H,22,23)/t10-,11-,16-/m1/s1. The summed E-state index contributed by atoms with van der Waals surface area (Å²) >= 11 is 0. The van der Waals surface area contributed by atoms with Crippen molar-refractivity contribution in [1.82, 2.24) is 10.9 Å². The molecule has 3 N–H and O–H groups in total. The number of nitrogens with one attached hydrogen (secondary N) is 2. The molecule has 0 aromatic rings. The van der Waals surface area contributed by atoms with E-state index < -0.39 is 22.7 Å². The molecule has 23 heavy (non-hydrogen) atoms. The van der Waals surface area contributed by atoms with E-state index in [1.165, 1.54) is 6.42 Å². The summed E-state index contributed by atoms with van der Waals surface area (Å²) in [6, 6.07) is 0. The molecule has 0 saturated heterocycles. The van der Waals surface area contributed by atoms with E-state index in [2.05, 4.69) is 10.9 Å². The minimum Gasteiger partial charge on any atom is -0.481 e. The molecule has 0 aliphatic heterocycles. The van der Waals surface area contributed by atoms with Crippen molar-refractivity contribution in [3.05, 3.63) is 0 Å². The number of hydrogen-bond acceptors (Lipinski definition) is 3. The molecule has 3 rings (SSSR count). The van der Waals surface area contributed by atoms with Gasteiger partial charge in [0, 0.05) is 11.8 Å². The van der Waals surface area contributed by atoms with Crippen molar-refractivity contribution in [3.63, 3.8) is 0 Å². The molecule has 6 nitrogen and oxygen atoms in total. The molecular weight excluding hydrogens is 296 g/mol. The molecule has 6 heteroatoms. The zero-order valence-corrected chi connectivity index (χ0v) is 14.1. The number of carbonyl (C=O) groups is 3. The molecule has 128 valence electrons. The predicted molar refractivity (Wildman–Crippen MR) is 82.9 cm³/mol. The average molecular weight is 322 g/mol. The van der Waals surface area contributed by atoms with E-state index in [4.69, 9.17) is 0 Å². The second kappa shape index (κ2) is 4.95. The SMILES string of the molecule is CC1(C)[C@@H](C(=O)NNC(=O)[C@H]2CC23CCC3)CC[C@]1(C)C(=O)O. The summed E-state index contributed by atoms with van der Waals surface area (Å²) in [5, 5.41) is 9.50.